The molecule has 0 spiro atoms. The first-order chi connectivity index (χ1) is 8.79. The number of aliphatic hydroxyl groups is 1. The van der Waals surface area contributed by atoms with Crippen molar-refractivity contribution >= 4 is 17.3 Å². The quantitative estimate of drug-likeness (QED) is 0.701. The molecule has 1 aromatic rings. The molecule has 0 aliphatic carbocycles. The van der Waals surface area contributed by atoms with E-state index in [1.807, 2.05) is 37.9 Å². The molecule has 5 heteroatoms. The molecule has 0 saturated carbocycles. The predicted octanol–water partition coefficient (Wildman–Crippen LogP) is 1.30. The lowest BCUT2D eigenvalue weighted by molar-refractivity contribution is -0.122. The average Bonchev–Trinajstić information content (AvgIpc) is 2.39. The second kappa shape index (κ2) is 6.04. The smallest absolute Gasteiger partial charge is 0.241 e. The van der Waals surface area contributed by atoms with Crippen LogP contribution in [-0.2, 0) is 4.79 Å². The number of rotatable bonds is 5. The van der Waals surface area contributed by atoms with Gasteiger partial charge in [-0.05, 0) is 40.0 Å². The second-order valence-electron chi connectivity index (χ2n) is 5.33. The van der Waals surface area contributed by atoms with Crippen molar-refractivity contribution in [3.05, 3.63) is 24.3 Å². The van der Waals surface area contributed by atoms with Crippen LogP contribution in [0.25, 0.3) is 0 Å². The summed E-state index contributed by atoms with van der Waals surface area (Å²) in [6.45, 7) is 5.54. The number of aliphatic hydroxyl groups excluding tert-OH is 1. The fourth-order valence-electron chi connectivity index (χ4n) is 1.66. The molecule has 0 aliphatic rings. The van der Waals surface area contributed by atoms with Crippen LogP contribution in [0.4, 0.5) is 11.4 Å². The lowest BCUT2D eigenvalue weighted by Gasteiger charge is -2.37. The summed E-state index contributed by atoms with van der Waals surface area (Å²) >= 11 is 0. The topological polar surface area (TPSA) is 78.6 Å². The summed E-state index contributed by atoms with van der Waals surface area (Å²) < 4.78 is 0. The van der Waals surface area contributed by atoms with E-state index in [0.29, 0.717) is 11.4 Å². The molecular formula is C14H23N3O2. The van der Waals surface area contributed by atoms with Crippen LogP contribution in [0.15, 0.2) is 24.3 Å². The molecule has 1 atom stereocenters. The highest BCUT2D eigenvalue weighted by Crippen LogP contribution is 2.19. The standard InChI is InChI=1S/C14H23N3O2/c1-10(17(4)14(2,3)9-18)13(19)16-12-8-6-5-7-11(12)15/h5-8,10,18H,9,15H2,1-4H3,(H,16,19). The van der Waals surface area contributed by atoms with E-state index < -0.39 is 5.54 Å². The molecule has 1 unspecified atom stereocenters. The normalized spacial score (nSPS) is 13.4. The third kappa shape index (κ3) is 3.68. The van der Waals surface area contributed by atoms with Gasteiger partial charge in [0.15, 0.2) is 0 Å². The van der Waals surface area contributed by atoms with Gasteiger partial charge in [-0.25, -0.2) is 0 Å². The number of nitrogens with zero attached hydrogens (tertiary/aromatic N) is 1. The number of anilines is 2. The Balaban J connectivity index is 2.76. The Labute approximate surface area is 114 Å². The lowest BCUT2D eigenvalue weighted by atomic mass is 10.0. The van der Waals surface area contributed by atoms with Crippen molar-refractivity contribution in [2.24, 2.45) is 0 Å². The third-order valence-electron chi connectivity index (χ3n) is 3.52. The van der Waals surface area contributed by atoms with Gasteiger partial charge in [0, 0.05) is 5.54 Å². The predicted molar refractivity (Wildman–Crippen MR) is 77.9 cm³/mol. The number of nitrogen functional groups attached to an aromatic ring is 1. The van der Waals surface area contributed by atoms with Gasteiger partial charge in [-0.1, -0.05) is 12.1 Å². The van der Waals surface area contributed by atoms with Gasteiger partial charge in [0.2, 0.25) is 5.91 Å². The van der Waals surface area contributed by atoms with Crippen molar-refractivity contribution < 1.29 is 9.90 Å². The van der Waals surface area contributed by atoms with Crippen molar-refractivity contribution in [2.45, 2.75) is 32.4 Å². The van der Waals surface area contributed by atoms with E-state index in [1.54, 1.807) is 19.1 Å². The van der Waals surface area contributed by atoms with Crippen LogP contribution in [0.1, 0.15) is 20.8 Å². The van der Waals surface area contributed by atoms with E-state index in [1.165, 1.54) is 0 Å². The number of carbonyl (C=O) groups excluding carboxylic acids is 1. The third-order valence-corrected chi connectivity index (χ3v) is 3.52. The van der Waals surface area contributed by atoms with Crippen LogP contribution in [0.2, 0.25) is 0 Å². The Hall–Kier alpha value is -1.59. The minimum atomic E-state index is -0.459. The molecule has 0 fully saturated rings. The molecule has 0 radical (unpaired) electrons. The molecule has 0 saturated heterocycles. The molecule has 19 heavy (non-hydrogen) atoms. The highest BCUT2D eigenvalue weighted by Gasteiger charge is 2.30. The summed E-state index contributed by atoms with van der Waals surface area (Å²) in [6, 6.07) is 6.76. The van der Waals surface area contributed by atoms with Gasteiger partial charge in [-0.3, -0.25) is 9.69 Å². The highest BCUT2D eigenvalue weighted by atomic mass is 16.3. The van der Waals surface area contributed by atoms with Crippen LogP contribution in [0.3, 0.4) is 0 Å². The van der Waals surface area contributed by atoms with Crippen LogP contribution < -0.4 is 11.1 Å². The lowest BCUT2D eigenvalue weighted by Crippen LogP contribution is -2.52. The van der Waals surface area contributed by atoms with E-state index in [4.69, 9.17) is 5.73 Å². The fraction of sp³-hybridized carbons (Fsp3) is 0.500. The number of nitrogens with two attached hydrogens (primary N) is 1. The number of hydrogen-bond acceptors (Lipinski definition) is 4. The molecule has 4 N–H and O–H groups in total. The van der Waals surface area contributed by atoms with E-state index in [2.05, 4.69) is 5.32 Å². The molecule has 5 nitrogen and oxygen atoms in total. The van der Waals surface area contributed by atoms with Gasteiger partial charge >= 0.3 is 0 Å². The summed E-state index contributed by atoms with van der Waals surface area (Å²) in [5.74, 6) is -0.151. The average molecular weight is 265 g/mol. The number of amides is 1. The van der Waals surface area contributed by atoms with Crippen molar-refractivity contribution in [2.75, 3.05) is 24.7 Å². The first-order valence-corrected chi connectivity index (χ1v) is 6.28. The molecule has 0 heterocycles. The molecule has 106 valence electrons. The van der Waals surface area contributed by atoms with Gasteiger partial charge in [0.05, 0.1) is 24.0 Å². The summed E-state index contributed by atoms with van der Waals surface area (Å²) in [6.07, 6.45) is 0. The molecule has 0 aliphatic heterocycles. The van der Waals surface area contributed by atoms with Crippen molar-refractivity contribution in [1.82, 2.24) is 4.90 Å². The van der Waals surface area contributed by atoms with Gasteiger partial charge in [-0.2, -0.15) is 0 Å². The fourth-order valence-corrected chi connectivity index (χ4v) is 1.66. The molecule has 1 rings (SSSR count). The first kappa shape index (κ1) is 15.5. The monoisotopic (exact) mass is 265 g/mol. The number of hydrogen-bond donors (Lipinski definition) is 3. The number of carbonyl (C=O) groups is 1. The largest absolute Gasteiger partial charge is 0.397 e. The molecule has 1 aromatic carbocycles. The maximum Gasteiger partial charge on any atom is 0.241 e. The number of likely N-dealkylation sites (N-methyl/N-ethyl adjacent to an activating group) is 1. The van der Waals surface area contributed by atoms with E-state index in [0.717, 1.165) is 0 Å². The van der Waals surface area contributed by atoms with E-state index in [9.17, 15) is 9.90 Å². The SMILES string of the molecule is CC(C(=O)Nc1ccccc1N)N(C)C(C)(C)CO. The zero-order valence-electron chi connectivity index (χ0n) is 12.0. The maximum absolute atomic E-state index is 12.2. The Morgan fingerprint density at radius 3 is 2.58 bits per heavy atom. The number of para-hydroxylation sites is 2. The first-order valence-electron chi connectivity index (χ1n) is 6.28. The van der Waals surface area contributed by atoms with Gasteiger partial charge in [-0.15, -0.1) is 0 Å². The van der Waals surface area contributed by atoms with Gasteiger partial charge < -0.3 is 16.2 Å². The molecule has 0 aromatic heterocycles. The minimum absolute atomic E-state index is 0.0193. The summed E-state index contributed by atoms with van der Waals surface area (Å²) in [5, 5.41) is 12.1. The van der Waals surface area contributed by atoms with Crippen molar-refractivity contribution in [1.29, 1.82) is 0 Å². The zero-order chi connectivity index (χ0) is 14.6. The highest BCUT2D eigenvalue weighted by molar-refractivity contribution is 5.97. The Morgan fingerprint density at radius 2 is 2.05 bits per heavy atom. The minimum Gasteiger partial charge on any atom is -0.397 e. The second-order valence-corrected chi connectivity index (χ2v) is 5.33. The molecule has 1 amide bonds. The Bertz CT molecular complexity index is 446. The van der Waals surface area contributed by atoms with E-state index >= 15 is 0 Å². The van der Waals surface area contributed by atoms with Crippen LogP contribution in [-0.4, -0.2) is 41.1 Å². The van der Waals surface area contributed by atoms with Crippen LogP contribution >= 0.6 is 0 Å². The Morgan fingerprint density at radius 1 is 1.47 bits per heavy atom. The maximum atomic E-state index is 12.2. The summed E-state index contributed by atoms with van der Waals surface area (Å²) in [7, 11) is 1.81. The summed E-state index contributed by atoms with van der Waals surface area (Å²) in [5.41, 5.74) is 6.47. The van der Waals surface area contributed by atoms with Crippen LogP contribution in [0.5, 0.6) is 0 Å². The number of benzene rings is 1. The Kier molecular flexibility index (Phi) is 4.91. The van der Waals surface area contributed by atoms with Gasteiger partial charge in [0.25, 0.3) is 0 Å². The van der Waals surface area contributed by atoms with Crippen molar-refractivity contribution in [3.8, 4) is 0 Å². The van der Waals surface area contributed by atoms with Crippen LogP contribution in [0, 0.1) is 0 Å². The van der Waals surface area contributed by atoms with Gasteiger partial charge in [0.1, 0.15) is 0 Å². The molecule has 0 bridgehead atoms. The van der Waals surface area contributed by atoms with Crippen molar-refractivity contribution in [3.63, 3.8) is 0 Å². The van der Waals surface area contributed by atoms with E-state index in [-0.39, 0.29) is 18.6 Å². The zero-order valence-corrected chi connectivity index (χ0v) is 12.0. The number of nitrogens with one attached hydrogen (secondary N) is 1. The molecular weight excluding hydrogens is 242 g/mol. The summed E-state index contributed by atoms with van der Waals surface area (Å²) in [4.78, 5) is 14.0.